The van der Waals surface area contributed by atoms with Crippen molar-refractivity contribution >= 4 is 16.6 Å². The van der Waals surface area contributed by atoms with Crippen LogP contribution in [0.3, 0.4) is 0 Å². The van der Waals surface area contributed by atoms with Gasteiger partial charge in [-0.15, -0.1) is 0 Å². The molecule has 0 atom stereocenters. The second-order valence-corrected chi connectivity index (χ2v) is 2.81. The number of rotatable bonds is 3. The van der Waals surface area contributed by atoms with E-state index in [9.17, 15) is 0 Å². The lowest BCUT2D eigenvalue weighted by atomic mass is 10.2. The van der Waals surface area contributed by atoms with Crippen molar-refractivity contribution in [1.29, 1.82) is 0 Å². The molecule has 2 rings (SSSR count). The van der Waals surface area contributed by atoms with Crippen LogP contribution in [-0.4, -0.2) is 11.6 Å². The van der Waals surface area contributed by atoms with Crippen LogP contribution in [0.1, 0.15) is 6.92 Å². The molecule has 0 spiro atoms. The van der Waals surface area contributed by atoms with Crippen LogP contribution < -0.4 is 5.48 Å². The van der Waals surface area contributed by atoms with E-state index in [2.05, 4.69) is 10.5 Å². The van der Waals surface area contributed by atoms with Crippen LogP contribution in [0.25, 0.3) is 10.9 Å². The predicted octanol–water partition coefficient (Wildman–Crippen LogP) is 2.53. The fraction of sp³-hybridized carbons (Fsp3) is 0.200. The van der Waals surface area contributed by atoms with Crippen LogP contribution in [-0.2, 0) is 4.84 Å². The number of nitrogens with one attached hydrogen (secondary N) is 2. The van der Waals surface area contributed by atoms with E-state index in [0.717, 1.165) is 11.2 Å². The topological polar surface area (TPSA) is 37.0 Å². The first-order chi connectivity index (χ1) is 6.40. The van der Waals surface area contributed by atoms with Gasteiger partial charge in [0.25, 0.3) is 0 Å². The fourth-order valence-electron chi connectivity index (χ4n) is 1.27. The number of aromatic amines is 1. The molecule has 0 bridgehead atoms. The number of benzene rings is 1. The van der Waals surface area contributed by atoms with Crippen molar-refractivity contribution in [2.24, 2.45) is 0 Å². The lowest BCUT2D eigenvalue weighted by molar-refractivity contribution is 0.210. The van der Waals surface area contributed by atoms with Crippen LogP contribution in [0.2, 0.25) is 0 Å². The Hall–Kier alpha value is -1.48. The smallest absolute Gasteiger partial charge is 0.0717 e. The fourth-order valence-corrected chi connectivity index (χ4v) is 1.27. The second-order valence-electron chi connectivity index (χ2n) is 2.81. The molecule has 0 aliphatic heterocycles. The average Bonchev–Trinajstić information content (AvgIpc) is 2.61. The van der Waals surface area contributed by atoms with Crippen LogP contribution in [0.15, 0.2) is 30.5 Å². The molecule has 1 aromatic heterocycles. The van der Waals surface area contributed by atoms with E-state index in [-0.39, 0.29) is 0 Å². The Labute approximate surface area is 76.7 Å². The maximum Gasteiger partial charge on any atom is 0.0717 e. The highest BCUT2D eigenvalue weighted by Gasteiger charge is 1.95. The van der Waals surface area contributed by atoms with E-state index >= 15 is 0 Å². The summed E-state index contributed by atoms with van der Waals surface area (Å²) in [6, 6.07) is 8.10. The average molecular weight is 176 g/mol. The third-order valence-electron chi connectivity index (χ3n) is 1.89. The number of fused-ring (bicyclic) bond motifs is 1. The van der Waals surface area contributed by atoms with Gasteiger partial charge in [-0.05, 0) is 30.5 Å². The van der Waals surface area contributed by atoms with Crippen molar-refractivity contribution in [3.05, 3.63) is 30.5 Å². The molecule has 1 heterocycles. The third-order valence-corrected chi connectivity index (χ3v) is 1.89. The van der Waals surface area contributed by atoms with Crippen molar-refractivity contribution in [3.63, 3.8) is 0 Å². The number of H-pyrrole nitrogens is 1. The monoisotopic (exact) mass is 176 g/mol. The van der Waals surface area contributed by atoms with Crippen LogP contribution in [0.4, 0.5) is 5.69 Å². The zero-order valence-electron chi connectivity index (χ0n) is 7.50. The summed E-state index contributed by atoms with van der Waals surface area (Å²) in [6.45, 7) is 2.60. The number of anilines is 1. The van der Waals surface area contributed by atoms with Crippen molar-refractivity contribution in [2.75, 3.05) is 12.1 Å². The second kappa shape index (κ2) is 3.49. The molecule has 0 aliphatic rings. The molecule has 3 nitrogen and oxygen atoms in total. The first kappa shape index (κ1) is 8.13. The summed E-state index contributed by atoms with van der Waals surface area (Å²) in [5.41, 5.74) is 4.94. The number of hydrogen-bond acceptors (Lipinski definition) is 2. The predicted molar refractivity (Wildman–Crippen MR) is 53.5 cm³/mol. The molecule has 0 radical (unpaired) electrons. The standard InChI is InChI=1S/C10H12N2O/c1-2-13-12-9-4-3-8-5-6-11-10(8)7-9/h3-7,11-12H,2H2,1H3. The summed E-state index contributed by atoms with van der Waals surface area (Å²) in [7, 11) is 0. The normalized spacial score (nSPS) is 10.5. The summed E-state index contributed by atoms with van der Waals surface area (Å²) in [5, 5.41) is 1.21. The van der Waals surface area contributed by atoms with Gasteiger partial charge in [-0.2, -0.15) is 0 Å². The lowest BCUT2D eigenvalue weighted by Gasteiger charge is -2.04. The van der Waals surface area contributed by atoms with E-state index in [4.69, 9.17) is 4.84 Å². The Balaban J connectivity index is 2.26. The van der Waals surface area contributed by atoms with Gasteiger partial charge < -0.3 is 4.98 Å². The molecule has 0 unspecified atom stereocenters. The summed E-state index contributed by atoms with van der Waals surface area (Å²) >= 11 is 0. The quantitative estimate of drug-likeness (QED) is 0.705. The lowest BCUT2D eigenvalue weighted by Crippen LogP contribution is -1.99. The molecule has 2 aromatic rings. The minimum atomic E-state index is 0.656. The van der Waals surface area contributed by atoms with Gasteiger partial charge in [0.1, 0.15) is 0 Å². The molecule has 0 fully saturated rings. The van der Waals surface area contributed by atoms with Gasteiger partial charge in [0, 0.05) is 11.7 Å². The van der Waals surface area contributed by atoms with Gasteiger partial charge in [-0.25, -0.2) is 0 Å². The molecule has 1 aromatic carbocycles. The maximum atomic E-state index is 5.08. The summed E-state index contributed by atoms with van der Waals surface area (Å²) in [5.74, 6) is 0. The Morgan fingerprint density at radius 3 is 3.15 bits per heavy atom. The molecule has 0 saturated carbocycles. The molecule has 3 heteroatoms. The zero-order chi connectivity index (χ0) is 9.10. The minimum Gasteiger partial charge on any atom is -0.361 e. The highest BCUT2D eigenvalue weighted by molar-refractivity contribution is 5.82. The SMILES string of the molecule is CCONc1ccc2cc[nH]c2c1. The number of aromatic nitrogens is 1. The third kappa shape index (κ3) is 1.65. The maximum absolute atomic E-state index is 5.08. The van der Waals surface area contributed by atoms with Gasteiger partial charge >= 0.3 is 0 Å². The Morgan fingerprint density at radius 2 is 2.31 bits per heavy atom. The highest BCUT2D eigenvalue weighted by atomic mass is 16.6. The zero-order valence-corrected chi connectivity index (χ0v) is 7.50. The molecule has 0 aliphatic carbocycles. The van der Waals surface area contributed by atoms with Crippen LogP contribution in [0.5, 0.6) is 0 Å². The van der Waals surface area contributed by atoms with Gasteiger partial charge in [0.15, 0.2) is 0 Å². The highest BCUT2D eigenvalue weighted by Crippen LogP contribution is 2.17. The van der Waals surface area contributed by atoms with Crippen molar-refractivity contribution in [3.8, 4) is 0 Å². The summed E-state index contributed by atoms with van der Waals surface area (Å²) in [4.78, 5) is 8.22. The Bertz CT molecular complexity index is 394. The van der Waals surface area contributed by atoms with Crippen LogP contribution in [0, 0.1) is 0 Å². The van der Waals surface area contributed by atoms with Crippen molar-refractivity contribution in [2.45, 2.75) is 6.92 Å². The van der Waals surface area contributed by atoms with Gasteiger partial charge in [-0.3, -0.25) is 10.3 Å². The largest absolute Gasteiger partial charge is 0.361 e. The van der Waals surface area contributed by atoms with Crippen molar-refractivity contribution in [1.82, 2.24) is 4.98 Å². The van der Waals surface area contributed by atoms with Crippen LogP contribution >= 0.6 is 0 Å². The molecule has 0 amide bonds. The van der Waals surface area contributed by atoms with E-state index in [1.54, 1.807) is 0 Å². The van der Waals surface area contributed by atoms with E-state index in [1.165, 1.54) is 5.39 Å². The molecular formula is C10H12N2O. The summed E-state index contributed by atoms with van der Waals surface area (Å²) < 4.78 is 0. The molecule has 68 valence electrons. The van der Waals surface area contributed by atoms with E-state index < -0.39 is 0 Å². The van der Waals surface area contributed by atoms with Crippen molar-refractivity contribution < 1.29 is 4.84 Å². The van der Waals surface area contributed by atoms with Gasteiger partial charge in [0.2, 0.25) is 0 Å². The van der Waals surface area contributed by atoms with Gasteiger partial charge in [-0.1, -0.05) is 6.07 Å². The van der Waals surface area contributed by atoms with E-state index in [1.807, 2.05) is 37.4 Å². The summed E-state index contributed by atoms with van der Waals surface area (Å²) in [6.07, 6.45) is 1.93. The molecule has 13 heavy (non-hydrogen) atoms. The van der Waals surface area contributed by atoms with E-state index in [0.29, 0.717) is 6.61 Å². The first-order valence-electron chi connectivity index (χ1n) is 4.35. The van der Waals surface area contributed by atoms with Gasteiger partial charge in [0.05, 0.1) is 12.3 Å². The minimum absolute atomic E-state index is 0.656. The number of hydrogen-bond donors (Lipinski definition) is 2. The first-order valence-corrected chi connectivity index (χ1v) is 4.35. The Kier molecular flexibility index (Phi) is 2.19. The molecule has 0 saturated heterocycles. The Morgan fingerprint density at radius 1 is 1.38 bits per heavy atom. The molecule has 2 N–H and O–H groups in total. The molecular weight excluding hydrogens is 164 g/mol.